The van der Waals surface area contributed by atoms with E-state index in [9.17, 15) is 9.59 Å². The lowest BCUT2D eigenvalue weighted by molar-refractivity contribution is 0.905. The van der Waals surface area contributed by atoms with Gasteiger partial charge in [0.15, 0.2) is 0 Å². The summed E-state index contributed by atoms with van der Waals surface area (Å²) in [7, 11) is 0. The van der Waals surface area contributed by atoms with Gasteiger partial charge in [0.1, 0.15) is 0 Å². The number of hydrogen-bond donors (Lipinski definition) is 2. The third-order valence-corrected chi connectivity index (χ3v) is 0.799. The molecule has 0 radical (unpaired) electrons. The van der Waals surface area contributed by atoms with E-state index in [-0.39, 0.29) is 5.82 Å². The zero-order valence-electron chi connectivity index (χ0n) is 4.71. The van der Waals surface area contributed by atoms with Gasteiger partial charge in [-0.3, -0.25) is 9.78 Å². The van der Waals surface area contributed by atoms with Gasteiger partial charge in [0, 0.05) is 0 Å². The van der Waals surface area contributed by atoms with Crippen molar-refractivity contribution in [3.05, 3.63) is 32.3 Å². The summed E-state index contributed by atoms with van der Waals surface area (Å²) in [6, 6.07) is 0. The average molecular weight is 138 g/mol. The lowest BCUT2D eigenvalue weighted by Gasteiger charge is -1.80. The molecule has 0 aliphatic rings. The van der Waals surface area contributed by atoms with Gasteiger partial charge in [-0.2, -0.15) is 0 Å². The zero-order valence-corrected chi connectivity index (χ0v) is 4.71. The molecule has 0 aliphatic carbocycles. The van der Waals surface area contributed by atoms with Crippen LogP contribution in [-0.4, -0.2) is 15.2 Å². The van der Waals surface area contributed by atoms with Crippen LogP contribution in [0.15, 0.2) is 9.59 Å². The van der Waals surface area contributed by atoms with E-state index >= 15 is 0 Å². The van der Waals surface area contributed by atoms with Crippen molar-refractivity contribution in [2.24, 2.45) is 0 Å². The quantitative estimate of drug-likeness (QED) is 0.451. The van der Waals surface area contributed by atoms with Crippen LogP contribution in [0.1, 0.15) is 0 Å². The van der Waals surface area contributed by atoms with Crippen molar-refractivity contribution in [2.45, 2.75) is 0 Å². The van der Waals surface area contributed by atoms with Crippen LogP contribution < -0.4 is 11.2 Å². The fourth-order valence-electron chi connectivity index (χ4n) is 0.417. The van der Waals surface area contributed by atoms with Crippen LogP contribution in [0, 0.1) is 6.57 Å². The van der Waals surface area contributed by atoms with Crippen molar-refractivity contribution in [2.75, 3.05) is 0 Å². The molecule has 0 fully saturated rings. The van der Waals surface area contributed by atoms with Gasteiger partial charge in [-0.05, 0) is 5.10 Å². The Morgan fingerprint density at radius 3 is 2.70 bits per heavy atom. The molecule has 2 N–H and O–H groups in total. The minimum absolute atomic E-state index is 0.361. The normalized spacial score (nSPS) is 8.70. The average Bonchev–Trinajstić information content (AvgIpc) is 1.88. The van der Waals surface area contributed by atoms with E-state index in [4.69, 9.17) is 6.57 Å². The topological polar surface area (TPSA) is 83.0 Å². The van der Waals surface area contributed by atoms with Crippen molar-refractivity contribution in [3.8, 4) is 0 Å². The summed E-state index contributed by atoms with van der Waals surface area (Å²) in [6.07, 6.45) is 0. The lowest BCUT2D eigenvalue weighted by atomic mass is 10.7. The monoisotopic (exact) mass is 138 g/mol. The lowest BCUT2D eigenvalue weighted by Crippen LogP contribution is -2.22. The molecule has 1 rings (SSSR count). The molecular formula is C4H2N4O2. The molecule has 50 valence electrons. The molecule has 0 amide bonds. The molecule has 0 aliphatic heterocycles. The van der Waals surface area contributed by atoms with Crippen LogP contribution in [0.25, 0.3) is 4.85 Å². The highest BCUT2D eigenvalue weighted by atomic mass is 16.2. The molecule has 6 heteroatoms. The van der Waals surface area contributed by atoms with Gasteiger partial charge in [0.2, 0.25) is 0 Å². The van der Waals surface area contributed by atoms with Crippen molar-refractivity contribution in [1.82, 2.24) is 15.2 Å². The van der Waals surface area contributed by atoms with Gasteiger partial charge in [0.25, 0.3) is 5.56 Å². The summed E-state index contributed by atoms with van der Waals surface area (Å²) in [5.41, 5.74) is -1.48. The number of nitrogens with zero attached hydrogens (tertiary/aromatic N) is 2. The first-order valence-electron chi connectivity index (χ1n) is 2.30. The van der Waals surface area contributed by atoms with E-state index in [1.165, 1.54) is 0 Å². The standard InChI is InChI=1S/C4H2N4O2/c1-5-2-3(9)6-4(10)8-7-2/h(H2,6,8,9,10). The summed E-state index contributed by atoms with van der Waals surface area (Å²) in [5.74, 6) is -0.361. The van der Waals surface area contributed by atoms with Gasteiger partial charge >= 0.3 is 11.5 Å². The number of nitrogens with one attached hydrogen (secondary N) is 2. The molecule has 0 saturated heterocycles. The van der Waals surface area contributed by atoms with Gasteiger partial charge in [-0.1, -0.05) is 6.57 Å². The highest BCUT2D eigenvalue weighted by Crippen LogP contribution is 1.88. The Labute approximate surface area is 54.3 Å². The van der Waals surface area contributed by atoms with Gasteiger partial charge in [-0.15, -0.1) is 5.10 Å². The van der Waals surface area contributed by atoms with E-state index in [1.54, 1.807) is 0 Å². The Bertz CT molecular complexity index is 381. The molecule has 0 aromatic carbocycles. The zero-order chi connectivity index (χ0) is 7.56. The van der Waals surface area contributed by atoms with Crippen LogP contribution in [0.4, 0.5) is 5.82 Å². The van der Waals surface area contributed by atoms with E-state index in [1.807, 2.05) is 10.1 Å². The van der Waals surface area contributed by atoms with Gasteiger partial charge in [0.05, 0.1) is 0 Å². The SMILES string of the molecule is [C-]#[N+]c1n[nH]c(=O)[nH]c1=O. The maximum atomic E-state index is 10.5. The Balaban J connectivity index is 3.53. The number of hydrogen-bond acceptors (Lipinski definition) is 3. The summed E-state index contributed by atoms with van der Waals surface area (Å²) in [5, 5.41) is 5.08. The first-order chi connectivity index (χ1) is 4.74. The first kappa shape index (κ1) is 6.22. The molecule has 1 heterocycles. The summed E-state index contributed by atoms with van der Waals surface area (Å²) in [4.78, 5) is 25.4. The van der Waals surface area contributed by atoms with Gasteiger partial charge in [-0.25, -0.2) is 4.79 Å². The van der Waals surface area contributed by atoms with Crippen LogP contribution in [0.3, 0.4) is 0 Å². The summed E-state index contributed by atoms with van der Waals surface area (Å²) in [6.45, 7) is 6.38. The van der Waals surface area contributed by atoms with Crippen molar-refractivity contribution in [3.63, 3.8) is 0 Å². The predicted octanol–water partition coefficient (Wildman–Crippen LogP) is -0.991. The summed E-state index contributed by atoms with van der Waals surface area (Å²) < 4.78 is 0. The van der Waals surface area contributed by atoms with Gasteiger partial charge < -0.3 is 4.85 Å². The Hall–Kier alpha value is -1.90. The number of aromatic nitrogens is 3. The first-order valence-corrected chi connectivity index (χ1v) is 2.30. The van der Waals surface area contributed by atoms with E-state index in [0.717, 1.165) is 0 Å². The van der Waals surface area contributed by atoms with Crippen LogP contribution in [0.5, 0.6) is 0 Å². The Kier molecular flexibility index (Phi) is 1.33. The molecule has 6 nitrogen and oxygen atoms in total. The second-order valence-electron chi connectivity index (χ2n) is 1.44. The van der Waals surface area contributed by atoms with E-state index < -0.39 is 11.2 Å². The smallest absolute Gasteiger partial charge is 0.355 e. The fourth-order valence-corrected chi connectivity index (χ4v) is 0.417. The molecule has 10 heavy (non-hydrogen) atoms. The highest BCUT2D eigenvalue weighted by molar-refractivity contribution is 5.28. The second-order valence-corrected chi connectivity index (χ2v) is 1.44. The minimum atomic E-state index is -0.765. The molecule has 1 aromatic rings. The minimum Gasteiger partial charge on any atom is -0.355 e. The summed E-state index contributed by atoms with van der Waals surface area (Å²) >= 11 is 0. The van der Waals surface area contributed by atoms with Crippen molar-refractivity contribution < 1.29 is 0 Å². The predicted molar refractivity (Wildman–Crippen MR) is 31.7 cm³/mol. The number of rotatable bonds is 0. The van der Waals surface area contributed by atoms with Crippen LogP contribution >= 0.6 is 0 Å². The Morgan fingerprint density at radius 1 is 1.50 bits per heavy atom. The molecule has 0 atom stereocenters. The third kappa shape index (κ3) is 0.925. The Morgan fingerprint density at radius 2 is 2.20 bits per heavy atom. The van der Waals surface area contributed by atoms with E-state index in [2.05, 4.69) is 9.94 Å². The highest BCUT2D eigenvalue weighted by Gasteiger charge is 1.98. The molecule has 0 unspecified atom stereocenters. The molecule has 0 saturated carbocycles. The maximum Gasteiger partial charge on any atom is 0.358 e. The van der Waals surface area contributed by atoms with E-state index in [0.29, 0.717) is 0 Å². The van der Waals surface area contributed by atoms with Crippen molar-refractivity contribution >= 4 is 5.82 Å². The molecule has 0 bridgehead atoms. The fraction of sp³-hybridized carbons (Fsp3) is 0. The molecule has 1 aromatic heterocycles. The third-order valence-electron chi connectivity index (χ3n) is 0.799. The van der Waals surface area contributed by atoms with Crippen molar-refractivity contribution in [1.29, 1.82) is 0 Å². The maximum absolute atomic E-state index is 10.5. The second kappa shape index (κ2) is 2.14. The molecule has 0 spiro atoms. The largest absolute Gasteiger partial charge is 0.358 e. The number of aromatic amines is 2. The molecular weight excluding hydrogens is 136 g/mol. The number of H-pyrrole nitrogens is 2. The van der Waals surface area contributed by atoms with Crippen LogP contribution in [0.2, 0.25) is 0 Å². The van der Waals surface area contributed by atoms with Crippen LogP contribution in [-0.2, 0) is 0 Å².